The molecule has 12 heteroatoms. The molecule has 2 N–H and O–H groups in total. The van der Waals surface area contributed by atoms with Crippen molar-refractivity contribution < 1.29 is 32.6 Å². The third-order valence-electron chi connectivity index (χ3n) is 4.94. The maximum absolute atomic E-state index is 13.7. The summed E-state index contributed by atoms with van der Waals surface area (Å²) in [5.74, 6) is -2.10. The van der Waals surface area contributed by atoms with Crippen molar-refractivity contribution in [1.29, 1.82) is 0 Å². The van der Waals surface area contributed by atoms with Crippen LogP contribution in [0, 0.1) is 5.82 Å². The summed E-state index contributed by atoms with van der Waals surface area (Å²) < 4.78 is 43.2. The molecule has 0 saturated heterocycles. The first-order valence-corrected chi connectivity index (χ1v) is 10.8. The van der Waals surface area contributed by atoms with Gasteiger partial charge in [-0.05, 0) is 31.5 Å². The van der Waals surface area contributed by atoms with Crippen LogP contribution in [0.1, 0.15) is 35.7 Å². The van der Waals surface area contributed by atoms with Gasteiger partial charge < -0.3 is 24.2 Å². The molecule has 168 valence electrons. The van der Waals surface area contributed by atoms with E-state index >= 15 is 0 Å². The maximum atomic E-state index is 13.7. The second-order valence-electron chi connectivity index (χ2n) is 7.27. The summed E-state index contributed by atoms with van der Waals surface area (Å²) in [4.78, 5) is 29.4. The molecule has 0 unspecified atom stereocenters. The first kappa shape index (κ1) is 23.1. The van der Waals surface area contributed by atoms with Crippen molar-refractivity contribution in [2.24, 2.45) is 0 Å². The summed E-state index contributed by atoms with van der Waals surface area (Å²) in [6, 6.07) is 3.44. The topological polar surface area (TPSA) is 129 Å². The van der Waals surface area contributed by atoms with Crippen molar-refractivity contribution in [2.45, 2.75) is 32.5 Å². The standard InChI is InChI=1S/C19H23FN3O7P/c1-19(2)18-22-14(15(24)17(26)23(18)7-8-30-19)16(25)21-10-11-5-6-12(20)9-13(11)31(27,28-3)29-4/h5-6,9,24H,7-8,10H2,1-4H3,(H,21,25). The molecule has 1 aliphatic heterocycles. The summed E-state index contributed by atoms with van der Waals surface area (Å²) in [6.07, 6.45) is 0. The number of amides is 1. The van der Waals surface area contributed by atoms with Gasteiger partial charge in [0.25, 0.3) is 11.5 Å². The Hall–Kier alpha value is -2.59. The summed E-state index contributed by atoms with van der Waals surface area (Å²) in [6.45, 7) is 3.63. The van der Waals surface area contributed by atoms with Crippen LogP contribution in [0.25, 0.3) is 0 Å². The van der Waals surface area contributed by atoms with Crippen molar-refractivity contribution in [2.75, 3.05) is 20.8 Å². The number of nitrogens with one attached hydrogen (secondary N) is 1. The SMILES string of the molecule is COP(=O)(OC)c1cc(F)ccc1CNC(=O)c1nc2n(c(=O)c1O)CCOC2(C)C. The van der Waals surface area contributed by atoms with Gasteiger partial charge in [0.2, 0.25) is 5.75 Å². The number of ether oxygens (including phenoxy) is 1. The predicted octanol–water partition coefficient (Wildman–Crippen LogP) is 1.39. The van der Waals surface area contributed by atoms with E-state index in [4.69, 9.17) is 13.8 Å². The van der Waals surface area contributed by atoms with Gasteiger partial charge in [-0.25, -0.2) is 9.37 Å². The Morgan fingerprint density at radius 2 is 2.06 bits per heavy atom. The van der Waals surface area contributed by atoms with Crippen LogP contribution in [0.3, 0.4) is 0 Å². The molecule has 0 atom stereocenters. The van der Waals surface area contributed by atoms with E-state index in [0.29, 0.717) is 0 Å². The second kappa shape index (κ2) is 8.51. The van der Waals surface area contributed by atoms with E-state index in [1.165, 1.54) is 10.6 Å². The number of hydrogen-bond donors (Lipinski definition) is 2. The minimum Gasteiger partial charge on any atom is -0.501 e. The highest BCUT2D eigenvalue weighted by Crippen LogP contribution is 2.46. The predicted molar refractivity (Wildman–Crippen MR) is 108 cm³/mol. The van der Waals surface area contributed by atoms with Crippen LogP contribution in [0.5, 0.6) is 5.75 Å². The molecule has 3 rings (SSSR count). The summed E-state index contributed by atoms with van der Waals surface area (Å²) in [7, 11) is -1.49. The highest BCUT2D eigenvalue weighted by molar-refractivity contribution is 7.62. The average molecular weight is 455 g/mol. The van der Waals surface area contributed by atoms with Gasteiger partial charge >= 0.3 is 7.60 Å². The van der Waals surface area contributed by atoms with E-state index in [-0.39, 0.29) is 36.4 Å². The van der Waals surface area contributed by atoms with Crippen LogP contribution in [0.4, 0.5) is 4.39 Å². The lowest BCUT2D eigenvalue weighted by atomic mass is 10.1. The van der Waals surface area contributed by atoms with Gasteiger partial charge in [0.05, 0.1) is 18.5 Å². The Morgan fingerprint density at radius 3 is 2.71 bits per heavy atom. The fourth-order valence-corrected chi connectivity index (χ4v) is 4.63. The second-order valence-corrected chi connectivity index (χ2v) is 9.47. The molecule has 0 radical (unpaired) electrons. The highest BCUT2D eigenvalue weighted by atomic mass is 31.2. The van der Waals surface area contributed by atoms with Gasteiger partial charge in [-0.2, -0.15) is 0 Å². The number of halogens is 1. The first-order chi connectivity index (χ1) is 14.5. The van der Waals surface area contributed by atoms with Gasteiger partial charge in [0.15, 0.2) is 5.69 Å². The van der Waals surface area contributed by atoms with E-state index in [1.54, 1.807) is 13.8 Å². The first-order valence-electron chi connectivity index (χ1n) is 9.31. The van der Waals surface area contributed by atoms with Gasteiger partial charge in [0.1, 0.15) is 17.2 Å². The minimum absolute atomic E-state index is 0.0602. The third kappa shape index (κ3) is 4.27. The largest absolute Gasteiger partial charge is 0.501 e. The van der Waals surface area contributed by atoms with Crippen LogP contribution in [-0.2, 0) is 37.0 Å². The molecule has 0 bridgehead atoms. The summed E-state index contributed by atoms with van der Waals surface area (Å²) >= 11 is 0. The van der Waals surface area contributed by atoms with Gasteiger partial charge in [0, 0.05) is 20.8 Å². The lowest BCUT2D eigenvalue weighted by molar-refractivity contribution is -0.0566. The number of benzene rings is 1. The fraction of sp³-hybridized carbons (Fsp3) is 0.421. The molecule has 0 fully saturated rings. The quantitative estimate of drug-likeness (QED) is 0.626. The molecule has 31 heavy (non-hydrogen) atoms. The normalized spacial score (nSPS) is 15.4. The van der Waals surface area contributed by atoms with Crippen LogP contribution in [0.2, 0.25) is 0 Å². The zero-order chi connectivity index (χ0) is 23.0. The third-order valence-corrected chi connectivity index (χ3v) is 6.91. The Bertz CT molecular complexity index is 1120. The van der Waals surface area contributed by atoms with E-state index in [0.717, 1.165) is 26.4 Å². The number of aromatic nitrogens is 2. The fourth-order valence-electron chi connectivity index (χ4n) is 3.30. The summed E-state index contributed by atoms with van der Waals surface area (Å²) in [5, 5.41) is 12.7. The van der Waals surface area contributed by atoms with Crippen molar-refractivity contribution in [3.63, 3.8) is 0 Å². The van der Waals surface area contributed by atoms with Crippen LogP contribution >= 0.6 is 7.60 Å². The Morgan fingerprint density at radius 1 is 1.39 bits per heavy atom. The van der Waals surface area contributed by atoms with E-state index in [2.05, 4.69) is 10.3 Å². The molecule has 1 aromatic carbocycles. The lowest BCUT2D eigenvalue weighted by Crippen LogP contribution is -2.42. The van der Waals surface area contributed by atoms with E-state index in [9.17, 15) is 23.7 Å². The number of carbonyl (C=O) groups is 1. The average Bonchev–Trinajstić information content (AvgIpc) is 2.74. The van der Waals surface area contributed by atoms with Crippen LogP contribution in [0.15, 0.2) is 23.0 Å². The zero-order valence-electron chi connectivity index (χ0n) is 17.5. The van der Waals surface area contributed by atoms with Crippen molar-refractivity contribution in [1.82, 2.24) is 14.9 Å². The Kier molecular flexibility index (Phi) is 6.33. The number of nitrogens with zero attached hydrogens (tertiary/aromatic N) is 2. The Balaban J connectivity index is 1.94. The highest BCUT2D eigenvalue weighted by Gasteiger charge is 2.34. The van der Waals surface area contributed by atoms with Gasteiger partial charge in [-0.3, -0.25) is 18.7 Å². The number of hydrogen-bond acceptors (Lipinski definition) is 8. The molecule has 0 aliphatic carbocycles. The van der Waals surface area contributed by atoms with E-state index in [1.807, 2.05) is 0 Å². The molecule has 10 nitrogen and oxygen atoms in total. The Labute approximate surface area is 177 Å². The minimum atomic E-state index is -3.81. The van der Waals surface area contributed by atoms with Crippen LogP contribution < -0.4 is 16.2 Å². The molecular formula is C19H23FN3O7P. The number of fused-ring (bicyclic) bond motifs is 1. The molecule has 2 aromatic rings. The smallest absolute Gasteiger partial charge is 0.361 e. The molecule has 1 aliphatic rings. The number of rotatable bonds is 6. The molecular weight excluding hydrogens is 432 g/mol. The van der Waals surface area contributed by atoms with Crippen molar-refractivity contribution >= 4 is 18.8 Å². The number of carbonyl (C=O) groups excluding carboxylic acids is 1. The number of aromatic hydroxyl groups is 1. The molecule has 0 saturated carbocycles. The lowest BCUT2D eigenvalue weighted by Gasteiger charge is -2.32. The van der Waals surface area contributed by atoms with Crippen LogP contribution in [-0.4, -0.2) is 41.4 Å². The summed E-state index contributed by atoms with van der Waals surface area (Å²) in [5.41, 5.74) is -1.90. The molecule has 1 aromatic heterocycles. The molecule has 1 amide bonds. The maximum Gasteiger partial charge on any atom is 0.361 e. The van der Waals surface area contributed by atoms with E-state index < -0.39 is 41.9 Å². The zero-order valence-corrected chi connectivity index (χ0v) is 18.4. The molecule has 0 spiro atoms. The van der Waals surface area contributed by atoms with Gasteiger partial charge in [-0.1, -0.05) is 6.07 Å². The van der Waals surface area contributed by atoms with Crippen molar-refractivity contribution in [3.8, 4) is 5.75 Å². The van der Waals surface area contributed by atoms with Crippen molar-refractivity contribution in [3.05, 3.63) is 51.5 Å². The molecule has 2 heterocycles. The monoisotopic (exact) mass is 455 g/mol. The van der Waals surface area contributed by atoms with Gasteiger partial charge in [-0.15, -0.1) is 0 Å².